The smallest absolute Gasteiger partial charge is 0.257 e. The molecule has 49 heavy (non-hydrogen) atoms. The lowest BCUT2D eigenvalue weighted by atomic mass is 10.0. The van der Waals surface area contributed by atoms with Crippen LogP contribution in [0.25, 0.3) is 27.1 Å². The fourth-order valence-electron chi connectivity index (χ4n) is 5.59. The number of thiazole rings is 1. The van der Waals surface area contributed by atoms with E-state index < -0.39 is 11.9 Å². The first-order valence-electron chi connectivity index (χ1n) is 15.4. The minimum Gasteiger partial charge on any atom is -0.339 e. The van der Waals surface area contributed by atoms with Crippen LogP contribution in [0, 0.1) is 5.82 Å². The molecule has 0 aliphatic rings. The largest absolute Gasteiger partial charge is 0.339 e. The summed E-state index contributed by atoms with van der Waals surface area (Å²) >= 11 is 1.52. The average Bonchev–Trinajstić information content (AvgIpc) is 3.74. The van der Waals surface area contributed by atoms with Gasteiger partial charge in [0.05, 0.1) is 11.2 Å². The molecular formula is C38H29FN6O3S. The fourth-order valence-corrected chi connectivity index (χ4v) is 6.29. The Labute approximate surface area is 284 Å². The molecule has 3 amide bonds. The van der Waals surface area contributed by atoms with Gasteiger partial charge in [0.15, 0.2) is 4.96 Å². The van der Waals surface area contributed by atoms with Crippen molar-refractivity contribution >= 4 is 50.7 Å². The summed E-state index contributed by atoms with van der Waals surface area (Å²) < 4.78 is 15.3. The molecule has 9 nitrogen and oxygen atoms in total. The summed E-state index contributed by atoms with van der Waals surface area (Å²) in [6.07, 6.45) is 3.81. The van der Waals surface area contributed by atoms with E-state index in [0.717, 1.165) is 10.5 Å². The molecule has 0 saturated carbocycles. The maximum atomic E-state index is 13.6. The van der Waals surface area contributed by atoms with Crippen LogP contribution in [-0.4, -0.2) is 44.0 Å². The van der Waals surface area contributed by atoms with Gasteiger partial charge in [-0.1, -0.05) is 60.7 Å². The lowest BCUT2D eigenvalue weighted by molar-refractivity contribution is -0.132. The van der Waals surface area contributed by atoms with Crippen LogP contribution in [0.2, 0.25) is 0 Å². The van der Waals surface area contributed by atoms with Crippen molar-refractivity contribution in [2.24, 2.45) is 0 Å². The maximum Gasteiger partial charge on any atom is 0.257 e. The highest BCUT2D eigenvalue weighted by Gasteiger charge is 2.26. The number of nitrogens with one attached hydrogen (secondary N) is 2. The topological polar surface area (TPSA) is 109 Å². The molecule has 2 N–H and O–H groups in total. The molecule has 7 aromatic rings. The van der Waals surface area contributed by atoms with Crippen LogP contribution in [-0.2, 0) is 11.3 Å². The van der Waals surface area contributed by atoms with Gasteiger partial charge in [0.1, 0.15) is 17.7 Å². The summed E-state index contributed by atoms with van der Waals surface area (Å²) in [6.45, 7) is 0.243. The van der Waals surface area contributed by atoms with Gasteiger partial charge >= 0.3 is 0 Å². The minimum atomic E-state index is -0.952. The van der Waals surface area contributed by atoms with E-state index in [2.05, 4.69) is 20.6 Å². The van der Waals surface area contributed by atoms with E-state index in [9.17, 15) is 18.8 Å². The number of rotatable bonds is 9. The molecule has 7 rings (SSSR count). The highest BCUT2D eigenvalue weighted by Crippen LogP contribution is 2.26. The first kappa shape index (κ1) is 31.4. The summed E-state index contributed by atoms with van der Waals surface area (Å²) in [4.78, 5) is 52.2. The normalized spacial score (nSPS) is 11.7. The Morgan fingerprint density at radius 2 is 1.65 bits per heavy atom. The number of carbonyl (C=O) groups excluding carboxylic acids is 3. The first-order valence-corrected chi connectivity index (χ1v) is 16.3. The van der Waals surface area contributed by atoms with Crippen molar-refractivity contribution in [1.82, 2.24) is 24.6 Å². The number of pyridine rings is 1. The Morgan fingerprint density at radius 1 is 0.878 bits per heavy atom. The summed E-state index contributed by atoms with van der Waals surface area (Å²) in [5.41, 5.74) is 4.18. The number of fused-ring (bicyclic) bond motifs is 2. The van der Waals surface area contributed by atoms with Crippen molar-refractivity contribution in [1.29, 1.82) is 0 Å². The molecule has 0 spiro atoms. The predicted molar refractivity (Wildman–Crippen MR) is 188 cm³/mol. The van der Waals surface area contributed by atoms with E-state index in [4.69, 9.17) is 0 Å². The number of aromatic nitrogens is 3. The van der Waals surface area contributed by atoms with E-state index in [-0.39, 0.29) is 24.2 Å². The van der Waals surface area contributed by atoms with Crippen molar-refractivity contribution in [2.75, 3.05) is 12.4 Å². The van der Waals surface area contributed by atoms with Crippen LogP contribution < -0.4 is 10.6 Å². The van der Waals surface area contributed by atoms with Gasteiger partial charge < -0.3 is 15.5 Å². The average molecular weight is 669 g/mol. The van der Waals surface area contributed by atoms with Gasteiger partial charge in [0.2, 0.25) is 5.91 Å². The highest BCUT2D eigenvalue weighted by molar-refractivity contribution is 7.15. The van der Waals surface area contributed by atoms with Crippen LogP contribution in [0.15, 0.2) is 127 Å². The second-order valence-electron chi connectivity index (χ2n) is 11.5. The van der Waals surface area contributed by atoms with Gasteiger partial charge in [-0.05, 0) is 59.7 Å². The number of imidazole rings is 1. The number of hydrogen-bond donors (Lipinski definition) is 2. The van der Waals surface area contributed by atoms with Crippen LogP contribution >= 0.6 is 11.3 Å². The molecule has 11 heteroatoms. The molecule has 3 heterocycles. The third kappa shape index (κ3) is 6.78. The summed E-state index contributed by atoms with van der Waals surface area (Å²) in [5.74, 6) is -1.08. The third-order valence-corrected chi connectivity index (χ3v) is 8.87. The van der Waals surface area contributed by atoms with Crippen LogP contribution in [0.1, 0.15) is 37.9 Å². The molecule has 0 aliphatic heterocycles. The molecule has 0 bridgehead atoms. The quantitative estimate of drug-likeness (QED) is 0.170. The Bertz CT molecular complexity index is 2290. The molecule has 242 valence electrons. The van der Waals surface area contributed by atoms with Gasteiger partial charge in [0.25, 0.3) is 11.8 Å². The zero-order chi connectivity index (χ0) is 33.9. The molecule has 0 saturated heterocycles. The zero-order valence-corrected chi connectivity index (χ0v) is 27.0. The van der Waals surface area contributed by atoms with Gasteiger partial charge in [-0.25, -0.2) is 14.4 Å². The molecule has 0 fully saturated rings. The van der Waals surface area contributed by atoms with Crippen LogP contribution in [0.5, 0.6) is 0 Å². The van der Waals surface area contributed by atoms with E-state index in [1.54, 1.807) is 85.9 Å². The van der Waals surface area contributed by atoms with E-state index in [1.807, 2.05) is 40.4 Å². The molecule has 1 unspecified atom stereocenters. The second kappa shape index (κ2) is 13.5. The van der Waals surface area contributed by atoms with Crippen molar-refractivity contribution in [3.05, 3.63) is 155 Å². The Hall–Kier alpha value is -6.20. The fraction of sp³-hybridized carbons (Fsp3) is 0.0789. The number of carbonyl (C=O) groups is 3. The number of likely N-dealkylation sites (N-methyl/N-ethyl adjacent to an activating group) is 1. The second-order valence-corrected chi connectivity index (χ2v) is 12.3. The van der Waals surface area contributed by atoms with Crippen molar-refractivity contribution in [3.63, 3.8) is 0 Å². The van der Waals surface area contributed by atoms with E-state index in [1.165, 1.54) is 28.4 Å². The van der Waals surface area contributed by atoms with Crippen molar-refractivity contribution in [3.8, 4) is 11.3 Å². The number of hydrogen-bond acceptors (Lipinski definition) is 6. The number of nitrogens with zero attached hydrogens (tertiary/aromatic N) is 4. The van der Waals surface area contributed by atoms with Crippen molar-refractivity contribution in [2.45, 2.75) is 12.6 Å². The van der Waals surface area contributed by atoms with E-state index >= 15 is 0 Å². The minimum absolute atomic E-state index is 0.243. The molecule has 0 radical (unpaired) electrons. The zero-order valence-electron chi connectivity index (χ0n) is 26.2. The van der Waals surface area contributed by atoms with Gasteiger partial charge in [-0.2, -0.15) is 0 Å². The first-order chi connectivity index (χ1) is 23.8. The molecule has 1 atom stereocenters. The standard InChI is InChI=1S/C38H29FN6O3S/c1-44(22-24-11-15-28(39)16-12-24)37(48)34(25-7-3-2-4-8-25)43-35(46)27-13-17-31-26(21-27)14-18-33(40-31)42-36(47)30-10-6-5-9-29(30)32-23-45-19-20-49-38(45)41-32/h2-21,23,34H,22H2,1H3,(H,43,46)(H,40,42,47). The summed E-state index contributed by atoms with van der Waals surface area (Å²) in [5, 5.41) is 8.42. The number of anilines is 1. The summed E-state index contributed by atoms with van der Waals surface area (Å²) in [6, 6.07) is 29.8. The van der Waals surface area contributed by atoms with E-state index in [0.29, 0.717) is 44.7 Å². The molecule has 4 aromatic carbocycles. The number of halogens is 1. The third-order valence-electron chi connectivity index (χ3n) is 8.10. The molecule has 3 aromatic heterocycles. The monoisotopic (exact) mass is 668 g/mol. The summed E-state index contributed by atoms with van der Waals surface area (Å²) in [7, 11) is 1.64. The lowest BCUT2D eigenvalue weighted by Gasteiger charge is -2.25. The van der Waals surface area contributed by atoms with Gasteiger partial charge in [0, 0.05) is 53.4 Å². The SMILES string of the molecule is CN(Cc1ccc(F)cc1)C(=O)C(NC(=O)c1ccc2nc(NC(=O)c3ccccc3-c3cn4ccsc4n3)ccc2c1)c1ccccc1. The van der Waals surface area contributed by atoms with Crippen LogP contribution in [0.3, 0.4) is 0 Å². The number of benzene rings is 4. The Balaban J connectivity index is 1.08. The predicted octanol–water partition coefficient (Wildman–Crippen LogP) is 7.13. The Kier molecular flexibility index (Phi) is 8.65. The highest BCUT2D eigenvalue weighted by atomic mass is 32.1. The van der Waals surface area contributed by atoms with Crippen molar-refractivity contribution < 1.29 is 18.8 Å². The Morgan fingerprint density at radius 3 is 2.45 bits per heavy atom. The molecule has 0 aliphatic carbocycles. The number of amides is 3. The maximum absolute atomic E-state index is 13.6. The van der Waals surface area contributed by atoms with Crippen LogP contribution in [0.4, 0.5) is 10.2 Å². The molecular weight excluding hydrogens is 640 g/mol. The lowest BCUT2D eigenvalue weighted by Crippen LogP contribution is -2.41. The van der Waals surface area contributed by atoms with Gasteiger partial charge in [-0.3, -0.25) is 18.8 Å². The van der Waals surface area contributed by atoms with Gasteiger partial charge in [-0.15, -0.1) is 11.3 Å².